The Kier molecular flexibility index (Phi) is 4.34. The van der Waals surface area contributed by atoms with Gasteiger partial charge in [-0.05, 0) is 45.4 Å². The van der Waals surface area contributed by atoms with Crippen molar-refractivity contribution in [1.82, 2.24) is 29.7 Å². The van der Waals surface area contributed by atoms with Crippen LogP contribution in [0.15, 0.2) is 42.4 Å². The van der Waals surface area contributed by atoms with Crippen LogP contribution in [-0.4, -0.2) is 62.3 Å². The van der Waals surface area contributed by atoms with Crippen LogP contribution in [0.2, 0.25) is 0 Å². The number of nitrogens with one attached hydrogen (secondary N) is 1. The maximum absolute atomic E-state index is 13.1. The second-order valence-electron chi connectivity index (χ2n) is 9.23. The van der Waals surface area contributed by atoms with Crippen molar-refractivity contribution < 1.29 is 4.79 Å². The number of nitrogens with zero attached hydrogens (tertiary/aromatic N) is 5. The third kappa shape index (κ3) is 3.22. The topological polar surface area (TPSA) is 65.8 Å². The second kappa shape index (κ2) is 7.01. The number of carbonyl (C=O) groups is 1. The molecule has 3 unspecified atom stereocenters. The zero-order valence-electron chi connectivity index (χ0n) is 17.9. The lowest BCUT2D eigenvalue weighted by molar-refractivity contribution is -0.123. The van der Waals surface area contributed by atoms with Gasteiger partial charge in [-0.1, -0.05) is 14.7 Å². The first-order valence-electron chi connectivity index (χ1n) is 11.0. The highest BCUT2D eigenvalue weighted by atomic mass is 31.1. The van der Waals surface area contributed by atoms with Crippen molar-refractivity contribution in [2.75, 3.05) is 26.2 Å². The highest BCUT2D eigenvalue weighted by Gasteiger charge is 2.41. The molecule has 2 fully saturated rings. The maximum atomic E-state index is 13.1. The molecule has 3 atom stereocenters. The number of likely N-dealkylation sites (tertiary alicyclic amines) is 1. The first kappa shape index (κ1) is 19.2. The number of aryl methyl sites for hydroxylation is 2. The Balaban J connectivity index is 1.26. The van der Waals surface area contributed by atoms with Crippen LogP contribution in [0.4, 0.5) is 0 Å². The normalized spacial score (nSPS) is 28.7. The fraction of sp³-hybridized carbons (Fsp3) is 0.435. The molecule has 2 aromatic rings. The molecule has 0 saturated carbocycles. The molecule has 0 aliphatic carbocycles. The monoisotopic (exact) mass is 434 g/mol. The predicted molar refractivity (Wildman–Crippen MR) is 123 cm³/mol. The van der Waals surface area contributed by atoms with Gasteiger partial charge in [0.1, 0.15) is 0 Å². The summed E-state index contributed by atoms with van der Waals surface area (Å²) >= 11 is 0. The van der Waals surface area contributed by atoms with Gasteiger partial charge in [0.05, 0.1) is 40.3 Å². The molecule has 4 aliphatic rings. The molecule has 1 spiro atoms. The molecule has 2 aromatic heterocycles. The van der Waals surface area contributed by atoms with Crippen molar-refractivity contribution in [3.05, 3.63) is 59.5 Å². The zero-order valence-corrected chi connectivity index (χ0v) is 18.9. The largest absolute Gasteiger partial charge is 0.370 e. The maximum Gasteiger partial charge on any atom is 0.252 e. The molecule has 0 aromatic carbocycles. The minimum atomic E-state index is 0.0418. The van der Waals surface area contributed by atoms with Crippen LogP contribution in [0.25, 0.3) is 10.8 Å². The summed E-state index contributed by atoms with van der Waals surface area (Å²) in [6.07, 6.45) is 12.7. The summed E-state index contributed by atoms with van der Waals surface area (Å²) in [5.41, 5.74) is 5.34. The lowest BCUT2D eigenvalue weighted by Crippen LogP contribution is -2.37. The Morgan fingerprint density at radius 3 is 3.03 bits per heavy atom. The van der Waals surface area contributed by atoms with E-state index < -0.39 is 0 Å². The summed E-state index contributed by atoms with van der Waals surface area (Å²) in [6.45, 7) is 8.37. The molecule has 8 heteroatoms. The average Bonchev–Trinajstić information content (AvgIpc) is 3.48. The fourth-order valence-corrected chi connectivity index (χ4v) is 6.65. The lowest BCUT2D eigenvalue weighted by Gasteiger charge is -2.35. The van der Waals surface area contributed by atoms with Gasteiger partial charge in [0.15, 0.2) is 0 Å². The van der Waals surface area contributed by atoms with E-state index in [0.29, 0.717) is 14.0 Å². The number of rotatable bonds is 2. The van der Waals surface area contributed by atoms with Crippen LogP contribution in [0.3, 0.4) is 0 Å². The average molecular weight is 434 g/mol. The molecule has 0 bridgehead atoms. The van der Waals surface area contributed by atoms with E-state index in [2.05, 4.69) is 39.6 Å². The fourth-order valence-electron chi connectivity index (χ4n) is 5.32. The molecular weight excluding hydrogens is 407 g/mol. The number of allylic oxidation sites excluding steroid dienone is 1. The van der Waals surface area contributed by atoms with E-state index in [0.717, 1.165) is 54.1 Å². The van der Waals surface area contributed by atoms with Gasteiger partial charge >= 0.3 is 0 Å². The molecule has 31 heavy (non-hydrogen) atoms. The van der Waals surface area contributed by atoms with Crippen molar-refractivity contribution in [1.29, 1.82) is 0 Å². The lowest BCUT2D eigenvalue weighted by atomic mass is 9.86. The molecule has 6 rings (SSSR count). The van der Waals surface area contributed by atoms with E-state index in [9.17, 15) is 4.79 Å². The van der Waals surface area contributed by atoms with E-state index in [1.165, 1.54) is 18.5 Å². The SMILES string of the molecule is Cc1cn2nc(C3=CC(=O)N4C=C(N5CCC6(CCNC6)C5)C=CC4P3)cc2c(C)n1. The third-order valence-electron chi connectivity index (χ3n) is 7.02. The van der Waals surface area contributed by atoms with E-state index in [-0.39, 0.29) is 11.7 Å². The second-order valence-corrected chi connectivity index (χ2v) is 10.7. The van der Waals surface area contributed by atoms with Crippen molar-refractivity contribution in [3.63, 3.8) is 0 Å². The van der Waals surface area contributed by atoms with Crippen molar-refractivity contribution >= 4 is 25.3 Å². The van der Waals surface area contributed by atoms with E-state index in [1.807, 2.05) is 29.5 Å². The van der Waals surface area contributed by atoms with Crippen LogP contribution in [0, 0.1) is 19.3 Å². The van der Waals surface area contributed by atoms with Crippen LogP contribution in [0.5, 0.6) is 0 Å². The van der Waals surface area contributed by atoms with Crippen molar-refractivity contribution in [3.8, 4) is 0 Å². The van der Waals surface area contributed by atoms with Gasteiger partial charge < -0.3 is 15.1 Å². The predicted octanol–water partition coefficient (Wildman–Crippen LogP) is 2.63. The van der Waals surface area contributed by atoms with E-state index in [4.69, 9.17) is 5.10 Å². The molecular formula is C23H27N6OP. The van der Waals surface area contributed by atoms with Crippen LogP contribution >= 0.6 is 8.58 Å². The third-order valence-corrected chi connectivity index (χ3v) is 8.49. The van der Waals surface area contributed by atoms with Gasteiger partial charge in [0.2, 0.25) is 0 Å². The zero-order chi connectivity index (χ0) is 21.2. The summed E-state index contributed by atoms with van der Waals surface area (Å²) in [5.74, 6) is 0.117. The van der Waals surface area contributed by atoms with Gasteiger partial charge in [-0.2, -0.15) is 5.10 Å². The van der Waals surface area contributed by atoms with Gasteiger partial charge in [-0.15, -0.1) is 0 Å². The quantitative estimate of drug-likeness (QED) is 0.737. The van der Waals surface area contributed by atoms with E-state index in [1.54, 1.807) is 6.08 Å². The Morgan fingerprint density at radius 2 is 2.19 bits per heavy atom. The Bertz CT molecular complexity index is 1170. The number of amides is 1. The molecule has 160 valence electrons. The van der Waals surface area contributed by atoms with Gasteiger partial charge in [-0.3, -0.25) is 9.78 Å². The van der Waals surface area contributed by atoms with Crippen LogP contribution in [0.1, 0.15) is 29.9 Å². The molecule has 1 amide bonds. The summed E-state index contributed by atoms with van der Waals surface area (Å²) in [5, 5.41) is 9.28. The van der Waals surface area contributed by atoms with Gasteiger partial charge in [-0.25, -0.2) is 4.52 Å². The van der Waals surface area contributed by atoms with Crippen LogP contribution < -0.4 is 5.32 Å². The van der Waals surface area contributed by atoms with Crippen molar-refractivity contribution in [2.24, 2.45) is 5.41 Å². The molecule has 7 nitrogen and oxygen atoms in total. The number of hydrogen-bond acceptors (Lipinski definition) is 5. The molecule has 2 saturated heterocycles. The Morgan fingerprint density at radius 1 is 1.29 bits per heavy atom. The number of fused-ring (bicyclic) bond motifs is 2. The summed E-state index contributed by atoms with van der Waals surface area (Å²) in [4.78, 5) is 21.9. The minimum absolute atomic E-state index is 0.0418. The van der Waals surface area contributed by atoms with Gasteiger partial charge in [0, 0.05) is 42.6 Å². The molecule has 1 N–H and O–H groups in total. The van der Waals surface area contributed by atoms with Crippen molar-refractivity contribution in [2.45, 2.75) is 32.5 Å². The summed E-state index contributed by atoms with van der Waals surface area (Å²) in [6, 6.07) is 2.05. The molecule has 4 aliphatic heterocycles. The highest BCUT2D eigenvalue weighted by Crippen LogP contribution is 2.45. The minimum Gasteiger partial charge on any atom is -0.370 e. The van der Waals surface area contributed by atoms with Crippen LogP contribution in [-0.2, 0) is 4.79 Å². The number of hydrogen-bond donors (Lipinski definition) is 1. The number of aromatic nitrogens is 3. The van der Waals surface area contributed by atoms with E-state index >= 15 is 0 Å². The Labute approximate surface area is 183 Å². The first-order valence-corrected chi connectivity index (χ1v) is 12.1. The highest BCUT2D eigenvalue weighted by molar-refractivity contribution is 7.51. The summed E-state index contributed by atoms with van der Waals surface area (Å²) in [7, 11) is 0.474. The summed E-state index contributed by atoms with van der Waals surface area (Å²) < 4.78 is 1.88. The Hall–Kier alpha value is -2.50. The standard InChI is InChI=1S/C23H27N6OP/c1-15-11-29-19(16(2)25-15)9-18(26-29)20-10-21(30)28-12-17(3-4-22(28)31-20)27-8-6-23(14-27)5-7-24-13-23/h3-4,9-12,22,24,31H,5-8,13-14H2,1-2H3. The smallest absolute Gasteiger partial charge is 0.252 e. The first-order chi connectivity index (χ1) is 15.0. The molecule has 0 radical (unpaired) electrons. The molecule has 6 heterocycles. The number of carbonyl (C=O) groups excluding carboxylic acids is 1. The van der Waals surface area contributed by atoms with Gasteiger partial charge in [0.25, 0.3) is 5.91 Å².